The predicted molar refractivity (Wildman–Crippen MR) is 137 cm³/mol. The Labute approximate surface area is 224 Å². The van der Waals surface area contributed by atoms with Crippen molar-refractivity contribution in [3.05, 3.63) is 71.1 Å². The first-order chi connectivity index (χ1) is 18.6. The molecule has 3 heterocycles. The van der Waals surface area contributed by atoms with Gasteiger partial charge in [-0.15, -0.1) is 0 Å². The lowest BCUT2D eigenvalue weighted by Crippen LogP contribution is -2.41. The lowest BCUT2D eigenvalue weighted by atomic mass is 9.90. The maximum Gasteiger partial charge on any atom is 0.410 e. The molecule has 1 fully saturated rings. The smallest absolute Gasteiger partial charge is 0.410 e. The third kappa shape index (κ3) is 5.81. The lowest BCUT2D eigenvalue weighted by molar-refractivity contribution is 0.0203. The van der Waals surface area contributed by atoms with Crippen LogP contribution in [0.4, 0.5) is 13.6 Å². The molecule has 1 N–H and O–H groups in total. The molecule has 0 unspecified atom stereocenters. The number of aromatic nitrogens is 2. The molecule has 5 rings (SSSR count). The van der Waals surface area contributed by atoms with Crippen molar-refractivity contribution < 1.29 is 32.6 Å². The second-order valence-electron chi connectivity index (χ2n) is 10.6. The van der Waals surface area contributed by atoms with E-state index in [9.17, 15) is 18.4 Å². The molecule has 3 aromatic rings. The van der Waals surface area contributed by atoms with Gasteiger partial charge in [-0.1, -0.05) is 6.07 Å². The summed E-state index contributed by atoms with van der Waals surface area (Å²) < 4.78 is 46.0. The number of carbonyl (C=O) groups excluding carboxylic acids is 2. The molecule has 0 bridgehead atoms. The van der Waals surface area contributed by atoms with E-state index in [0.717, 1.165) is 17.7 Å². The highest BCUT2D eigenvalue weighted by Crippen LogP contribution is 2.34. The lowest BCUT2D eigenvalue weighted by Gasteiger charge is -2.34. The second kappa shape index (κ2) is 10.5. The molecule has 11 heteroatoms. The van der Waals surface area contributed by atoms with Crippen LogP contribution in [-0.4, -0.2) is 52.2 Å². The molecule has 2 aromatic carbocycles. The Balaban J connectivity index is 1.38. The zero-order valence-corrected chi connectivity index (χ0v) is 22.0. The van der Waals surface area contributed by atoms with Gasteiger partial charge in [-0.3, -0.25) is 4.79 Å². The Morgan fingerprint density at radius 3 is 2.54 bits per heavy atom. The molecule has 0 aliphatic carbocycles. The zero-order valence-electron chi connectivity index (χ0n) is 22.0. The number of likely N-dealkylation sites (tertiary alicyclic amines) is 1. The topological polar surface area (TPSA) is 94.9 Å². The Morgan fingerprint density at radius 1 is 1.08 bits per heavy atom. The van der Waals surface area contributed by atoms with Gasteiger partial charge in [0.1, 0.15) is 17.1 Å². The van der Waals surface area contributed by atoms with E-state index >= 15 is 0 Å². The number of rotatable bonds is 5. The number of hydrogen-bond donors (Lipinski definition) is 1. The third-order valence-corrected chi connectivity index (χ3v) is 6.61. The molecule has 0 radical (unpaired) electrons. The fourth-order valence-corrected chi connectivity index (χ4v) is 4.76. The van der Waals surface area contributed by atoms with Gasteiger partial charge >= 0.3 is 6.09 Å². The van der Waals surface area contributed by atoms with E-state index in [1.165, 1.54) is 16.9 Å². The number of fused-ring (bicyclic) bond motifs is 1. The van der Waals surface area contributed by atoms with Crippen molar-refractivity contribution in [3.63, 3.8) is 0 Å². The van der Waals surface area contributed by atoms with Crippen molar-refractivity contribution in [2.24, 2.45) is 0 Å². The van der Waals surface area contributed by atoms with E-state index in [4.69, 9.17) is 14.2 Å². The van der Waals surface area contributed by atoms with Crippen molar-refractivity contribution in [2.75, 3.05) is 19.9 Å². The summed E-state index contributed by atoms with van der Waals surface area (Å²) in [6, 6.07) is 8.64. The molecule has 0 saturated carbocycles. The van der Waals surface area contributed by atoms with Gasteiger partial charge in [0.2, 0.25) is 6.79 Å². The molecule has 0 spiro atoms. The monoisotopic (exact) mass is 540 g/mol. The van der Waals surface area contributed by atoms with Gasteiger partial charge in [0.25, 0.3) is 5.91 Å². The van der Waals surface area contributed by atoms with E-state index < -0.39 is 23.3 Å². The first-order valence-electron chi connectivity index (χ1n) is 12.8. The van der Waals surface area contributed by atoms with Crippen LogP contribution >= 0.6 is 0 Å². The summed E-state index contributed by atoms with van der Waals surface area (Å²) in [5, 5.41) is 7.23. The standard InChI is InChI=1S/C28H30F2N4O5/c1-28(2,3)39-27(36)33-10-8-18(9-11-33)25-20(15-32-34(25)22-6-5-19(29)13-21(22)30)26(35)31-14-17-4-7-23-24(12-17)38-16-37-23/h4-7,12-13,15,18H,8-11,14,16H2,1-3H3,(H,31,35). The Kier molecular flexibility index (Phi) is 7.16. The summed E-state index contributed by atoms with van der Waals surface area (Å²) in [5.74, 6) is -0.838. The first-order valence-corrected chi connectivity index (χ1v) is 12.8. The number of ether oxygens (including phenoxy) is 3. The maximum atomic E-state index is 14.8. The fraction of sp³-hybridized carbons (Fsp3) is 0.393. The molecular weight excluding hydrogens is 510 g/mol. The van der Waals surface area contributed by atoms with Crippen molar-refractivity contribution in [2.45, 2.75) is 51.7 Å². The van der Waals surface area contributed by atoms with Gasteiger partial charge in [-0.05, 0) is 63.4 Å². The molecule has 1 aromatic heterocycles. The molecule has 39 heavy (non-hydrogen) atoms. The van der Waals surface area contributed by atoms with E-state index in [2.05, 4.69) is 10.4 Å². The Bertz CT molecular complexity index is 1390. The maximum absolute atomic E-state index is 14.8. The van der Waals surface area contributed by atoms with Crippen molar-refractivity contribution in [1.29, 1.82) is 0 Å². The predicted octanol–water partition coefficient (Wildman–Crippen LogP) is 4.92. The Hall–Kier alpha value is -4.15. The number of amides is 2. The molecule has 2 amide bonds. The molecule has 2 aliphatic heterocycles. The van der Waals surface area contributed by atoms with Gasteiger partial charge in [-0.2, -0.15) is 5.10 Å². The summed E-state index contributed by atoms with van der Waals surface area (Å²) in [6.07, 6.45) is 2.01. The summed E-state index contributed by atoms with van der Waals surface area (Å²) in [5.41, 5.74) is 1.03. The number of hydrogen-bond acceptors (Lipinski definition) is 6. The molecule has 206 valence electrons. The number of piperidine rings is 1. The van der Waals surface area contributed by atoms with E-state index in [0.29, 0.717) is 43.1 Å². The van der Waals surface area contributed by atoms with Gasteiger partial charge < -0.3 is 24.4 Å². The van der Waals surface area contributed by atoms with Gasteiger partial charge in [0, 0.05) is 31.6 Å². The van der Waals surface area contributed by atoms with Gasteiger partial charge in [0.15, 0.2) is 17.3 Å². The van der Waals surface area contributed by atoms with Crippen molar-refractivity contribution in [3.8, 4) is 17.2 Å². The van der Waals surface area contributed by atoms with Gasteiger partial charge in [-0.25, -0.2) is 18.3 Å². The minimum absolute atomic E-state index is 0.0378. The van der Waals surface area contributed by atoms with Crippen LogP contribution in [0.25, 0.3) is 5.69 Å². The van der Waals surface area contributed by atoms with Crippen LogP contribution in [0.15, 0.2) is 42.6 Å². The van der Waals surface area contributed by atoms with Crippen LogP contribution in [0, 0.1) is 11.6 Å². The Morgan fingerprint density at radius 2 is 1.82 bits per heavy atom. The SMILES string of the molecule is CC(C)(C)OC(=O)N1CCC(c2c(C(=O)NCc3ccc4c(c3)OCO4)cnn2-c2ccc(F)cc2F)CC1. The second-order valence-corrected chi connectivity index (χ2v) is 10.6. The average Bonchev–Trinajstić information content (AvgIpc) is 3.53. The highest BCUT2D eigenvalue weighted by Gasteiger charge is 2.32. The summed E-state index contributed by atoms with van der Waals surface area (Å²) in [4.78, 5) is 27.6. The van der Waals surface area contributed by atoms with Crippen molar-refractivity contribution in [1.82, 2.24) is 20.0 Å². The van der Waals surface area contributed by atoms with Crippen LogP contribution in [0.1, 0.15) is 61.1 Å². The van der Waals surface area contributed by atoms with Crippen LogP contribution < -0.4 is 14.8 Å². The number of nitrogens with one attached hydrogen (secondary N) is 1. The minimum Gasteiger partial charge on any atom is -0.454 e. The van der Waals surface area contributed by atoms with E-state index in [1.54, 1.807) is 17.0 Å². The van der Waals surface area contributed by atoms with Crippen LogP contribution in [0.3, 0.4) is 0 Å². The summed E-state index contributed by atoms with van der Waals surface area (Å²) >= 11 is 0. The highest BCUT2D eigenvalue weighted by molar-refractivity contribution is 5.95. The summed E-state index contributed by atoms with van der Waals surface area (Å²) in [6.45, 7) is 6.60. The van der Waals surface area contributed by atoms with E-state index in [1.807, 2.05) is 26.8 Å². The number of carbonyl (C=O) groups is 2. The number of benzene rings is 2. The number of nitrogens with zero attached hydrogens (tertiary/aromatic N) is 3. The first kappa shape index (κ1) is 26.5. The fourth-order valence-electron chi connectivity index (χ4n) is 4.76. The molecule has 2 aliphatic rings. The summed E-state index contributed by atoms with van der Waals surface area (Å²) in [7, 11) is 0. The minimum atomic E-state index is -0.794. The zero-order chi connectivity index (χ0) is 27.7. The van der Waals surface area contributed by atoms with Gasteiger partial charge in [0.05, 0.1) is 17.5 Å². The molecular formula is C28H30F2N4O5. The quantitative estimate of drug-likeness (QED) is 0.494. The largest absolute Gasteiger partial charge is 0.454 e. The molecule has 0 atom stereocenters. The average molecular weight is 541 g/mol. The van der Waals surface area contributed by atoms with Crippen LogP contribution in [0.5, 0.6) is 11.5 Å². The van der Waals surface area contributed by atoms with Crippen LogP contribution in [-0.2, 0) is 11.3 Å². The molecule has 9 nitrogen and oxygen atoms in total. The van der Waals surface area contributed by atoms with Crippen molar-refractivity contribution >= 4 is 12.0 Å². The van der Waals surface area contributed by atoms with Crippen LogP contribution in [0.2, 0.25) is 0 Å². The highest BCUT2D eigenvalue weighted by atomic mass is 19.1. The molecule has 1 saturated heterocycles. The van der Waals surface area contributed by atoms with E-state index in [-0.39, 0.29) is 36.4 Å². The number of halogens is 2. The third-order valence-electron chi connectivity index (χ3n) is 6.61. The normalized spacial score (nSPS) is 15.4.